The molecule has 7 nitrogen and oxygen atoms in total. The number of hydrogen-bond acceptors (Lipinski definition) is 3. The van der Waals surface area contributed by atoms with E-state index in [0.29, 0.717) is 16.9 Å². The molecular formula is C16H19N5O2. The first-order chi connectivity index (χ1) is 11.1. The lowest BCUT2D eigenvalue weighted by Gasteiger charge is -2.16. The summed E-state index contributed by atoms with van der Waals surface area (Å²) in [6.07, 6.45) is 5.24. The van der Waals surface area contributed by atoms with Gasteiger partial charge in [-0.1, -0.05) is 0 Å². The molecular weight excluding hydrogens is 294 g/mol. The maximum Gasteiger partial charge on any atom is 0.323 e. The molecule has 0 bridgehead atoms. The average Bonchev–Trinajstić information content (AvgIpc) is 3.21. The molecule has 2 heterocycles. The number of nitrogens with zero attached hydrogens (tertiary/aromatic N) is 2. The molecule has 120 valence electrons. The fourth-order valence-corrected chi connectivity index (χ4v) is 2.64. The Balaban J connectivity index is 1.66. The van der Waals surface area contributed by atoms with E-state index >= 15 is 0 Å². The number of aryl methyl sites for hydroxylation is 1. The fraction of sp³-hybridized carbons (Fsp3) is 0.312. The van der Waals surface area contributed by atoms with Crippen LogP contribution in [0.5, 0.6) is 0 Å². The highest BCUT2D eigenvalue weighted by Gasteiger charge is 2.20. The van der Waals surface area contributed by atoms with Crippen LogP contribution in [0.15, 0.2) is 30.6 Å². The minimum Gasteiger partial charge on any atom is -0.339 e. The van der Waals surface area contributed by atoms with Crippen molar-refractivity contribution in [3.05, 3.63) is 41.7 Å². The predicted octanol–water partition coefficient (Wildman–Crippen LogP) is 2.60. The highest BCUT2D eigenvalue weighted by Crippen LogP contribution is 2.20. The molecule has 1 aromatic carbocycles. The first kappa shape index (κ1) is 15.1. The first-order valence-corrected chi connectivity index (χ1v) is 7.60. The fourth-order valence-electron chi connectivity index (χ4n) is 2.64. The molecule has 1 aliphatic rings. The summed E-state index contributed by atoms with van der Waals surface area (Å²) in [6, 6.07) is 4.97. The van der Waals surface area contributed by atoms with Gasteiger partial charge in [-0.3, -0.25) is 9.89 Å². The second-order valence-electron chi connectivity index (χ2n) is 5.60. The molecule has 0 saturated carbocycles. The van der Waals surface area contributed by atoms with E-state index in [1.165, 1.54) is 6.20 Å². The lowest BCUT2D eigenvalue weighted by Crippen LogP contribution is -2.27. The Morgan fingerprint density at radius 1 is 1.22 bits per heavy atom. The van der Waals surface area contributed by atoms with E-state index in [4.69, 9.17) is 0 Å². The molecule has 0 unspecified atom stereocenters. The number of anilines is 2. The summed E-state index contributed by atoms with van der Waals surface area (Å²) in [5.74, 6) is 0.0556. The number of carbonyl (C=O) groups is 2. The highest BCUT2D eigenvalue weighted by molar-refractivity contribution is 6.01. The van der Waals surface area contributed by atoms with E-state index in [9.17, 15) is 9.59 Å². The highest BCUT2D eigenvalue weighted by atomic mass is 16.2. The number of carbonyl (C=O) groups excluding carboxylic acids is 2. The second kappa shape index (κ2) is 6.51. The van der Waals surface area contributed by atoms with Gasteiger partial charge < -0.3 is 15.5 Å². The average molecular weight is 313 g/mol. The summed E-state index contributed by atoms with van der Waals surface area (Å²) >= 11 is 0. The van der Waals surface area contributed by atoms with Crippen molar-refractivity contribution in [2.75, 3.05) is 23.7 Å². The molecule has 0 spiro atoms. The molecule has 23 heavy (non-hydrogen) atoms. The predicted molar refractivity (Wildman–Crippen MR) is 87.5 cm³/mol. The molecule has 3 N–H and O–H groups in total. The Bertz CT molecular complexity index is 705. The zero-order chi connectivity index (χ0) is 16.2. The number of amides is 3. The van der Waals surface area contributed by atoms with Crippen molar-refractivity contribution in [1.82, 2.24) is 15.1 Å². The molecule has 0 radical (unpaired) electrons. The van der Waals surface area contributed by atoms with Gasteiger partial charge in [0.2, 0.25) is 0 Å². The number of aromatic nitrogens is 2. The monoisotopic (exact) mass is 313 g/mol. The molecule has 1 fully saturated rings. The van der Waals surface area contributed by atoms with E-state index < -0.39 is 0 Å². The van der Waals surface area contributed by atoms with Gasteiger partial charge >= 0.3 is 6.03 Å². The third-order valence-electron chi connectivity index (χ3n) is 3.87. The summed E-state index contributed by atoms with van der Waals surface area (Å²) < 4.78 is 0. The summed E-state index contributed by atoms with van der Waals surface area (Å²) in [5, 5.41) is 11.8. The van der Waals surface area contributed by atoms with E-state index in [2.05, 4.69) is 20.8 Å². The van der Waals surface area contributed by atoms with Crippen molar-refractivity contribution in [2.24, 2.45) is 0 Å². The third-order valence-corrected chi connectivity index (χ3v) is 3.87. The number of likely N-dealkylation sites (tertiary alicyclic amines) is 1. The van der Waals surface area contributed by atoms with Gasteiger partial charge in [0.25, 0.3) is 5.91 Å². The number of benzene rings is 1. The molecule has 2 aromatic rings. The molecule has 0 atom stereocenters. The second-order valence-corrected chi connectivity index (χ2v) is 5.60. The van der Waals surface area contributed by atoms with Gasteiger partial charge in [0.1, 0.15) is 0 Å². The third kappa shape index (κ3) is 3.50. The summed E-state index contributed by atoms with van der Waals surface area (Å²) in [4.78, 5) is 26.1. The Kier molecular flexibility index (Phi) is 4.27. The van der Waals surface area contributed by atoms with Crippen LogP contribution in [-0.4, -0.2) is 40.1 Å². The number of nitrogens with one attached hydrogen (secondary N) is 3. The standard InChI is InChI=1S/C16H19N5O2/c1-11-8-12(15(22)21-6-2-3-7-21)4-5-14(11)20-16(23)19-13-9-17-18-10-13/h4-5,8-10H,2-3,6-7H2,1H3,(H,17,18)(H2,19,20,23). The lowest BCUT2D eigenvalue weighted by molar-refractivity contribution is 0.0792. The molecule has 7 heteroatoms. The molecule has 3 amide bonds. The topological polar surface area (TPSA) is 90.1 Å². The Labute approximate surface area is 134 Å². The number of hydrogen-bond donors (Lipinski definition) is 3. The normalized spacial score (nSPS) is 13.9. The van der Waals surface area contributed by atoms with Crippen LogP contribution in [0.25, 0.3) is 0 Å². The zero-order valence-corrected chi connectivity index (χ0v) is 12.9. The molecule has 3 rings (SSSR count). The van der Waals surface area contributed by atoms with Gasteiger partial charge in [-0.25, -0.2) is 4.79 Å². The number of H-pyrrole nitrogens is 1. The van der Waals surface area contributed by atoms with Crippen molar-refractivity contribution in [3.63, 3.8) is 0 Å². The van der Waals surface area contributed by atoms with Crippen molar-refractivity contribution in [3.8, 4) is 0 Å². The van der Waals surface area contributed by atoms with Crippen molar-refractivity contribution < 1.29 is 9.59 Å². The van der Waals surface area contributed by atoms with Crippen LogP contribution in [0.3, 0.4) is 0 Å². The number of rotatable bonds is 3. The summed E-state index contributed by atoms with van der Waals surface area (Å²) in [6.45, 7) is 3.52. The first-order valence-electron chi connectivity index (χ1n) is 7.60. The molecule has 1 aliphatic heterocycles. The Hall–Kier alpha value is -2.83. The summed E-state index contributed by atoms with van der Waals surface area (Å²) in [5.41, 5.74) is 2.76. The molecule has 1 saturated heterocycles. The minimum atomic E-state index is -0.354. The maximum atomic E-state index is 12.4. The van der Waals surface area contributed by atoms with Crippen molar-refractivity contribution in [1.29, 1.82) is 0 Å². The van der Waals surface area contributed by atoms with Crippen LogP contribution < -0.4 is 10.6 Å². The summed E-state index contributed by atoms with van der Waals surface area (Å²) in [7, 11) is 0. The molecule has 0 aliphatic carbocycles. The van der Waals surface area contributed by atoms with Crippen molar-refractivity contribution in [2.45, 2.75) is 19.8 Å². The quantitative estimate of drug-likeness (QED) is 0.813. The van der Waals surface area contributed by atoms with Gasteiger partial charge in [-0.2, -0.15) is 5.10 Å². The van der Waals surface area contributed by atoms with Gasteiger partial charge in [-0.05, 0) is 43.5 Å². The number of urea groups is 1. The Morgan fingerprint density at radius 2 is 2.00 bits per heavy atom. The van der Waals surface area contributed by atoms with E-state index in [0.717, 1.165) is 31.5 Å². The van der Waals surface area contributed by atoms with Gasteiger partial charge in [0.05, 0.1) is 11.9 Å². The van der Waals surface area contributed by atoms with E-state index in [-0.39, 0.29) is 11.9 Å². The maximum absolute atomic E-state index is 12.4. The smallest absolute Gasteiger partial charge is 0.323 e. The van der Waals surface area contributed by atoms with Crippen LogP contribution in [0, 0.1) is 6.92 Å². The van der Waals surface area contributed by atoms with Gasteiger partial charge in [0, 0.05) is 30.5 Å². The van der Waals surface area contributed by atoms with E-state index in [1.54, 1.807) is 18.3 Å². The van der Waals surface area contributed by atoms with Crippen LogP contribution in [0.2, 0.25) is 0 Å². The minimum absolute atomic E-state index is 0.0556. The number of aromatic amines is 1. The van der Waals surface area contributed by atoms with Crippen LogP contribution >= 0.6 is 0 Å². The van der Waals surface area contributed by atoms with Gasteiger partial charge in [-0.15, -0.1) is 0 Å². The van der Waals surface area contributed by atoms with Crippen LogP contribution in [0.4, 0.5) is 16.2 Å². The van der Waals surface area contributed by atoms with Crippen molar-refractivity contribution >= 4 is 23.3 Å². The van der Waals surface area contributed by atoms with Gasteiger partial charge in [0.15, 0.2) is 0 Å². The Morgan fingerprint density at radius 3 is 2.65 bits per heavy atom. The largest absolute Gasteiger partial charge is 0.339 e. The lowest BCUT2D eigenvalue weighted by atomic mass is 10.1. The molecule has 1 aromatic heterocycles. The SMILES string of the molecule is Cc1cc(C(=O)N2CCCC2)ccc1NC(=O)Nc1cn[nH]c1. The van der Waals surface area contributed by atoms with Crippen LogP contribution in [-0.2, 0) is 0 Å². The van der Waals surface area contributed by atoms with E-state index in [1.807, 2.05) is 17.9 Å². The van der Waals surface area contributed by atoms with Crippen LogP contribution in [0.1, 0.15) is 28.8 Å². The zero-order valence-electron chi connectivity index (χ0n) is 12.9.